The number of benzene rings is 2. The van der Waals surface area contributed by atoms with Crippen LogP contribution in [0.5, 0.6) is 5.75 Å². The van der Waals surface area contributed by atoms with Gasteiger partial charge in [0.25, 0.3) is 0 Å². The zero-order valence-electron chi connectivity index (χ0n) is 19.3. The first-order valence-corrected chi connectivity index (χ1v) is 11.2. The number of carboxylic acids is 1. The van der Waals surface area contributed by atoms with Crippen LogP contribution >= 0.6 is 11.6 Å². The average molecular weight is 455 g/mol. The van der Waals surface area contributed by atoms with Gasteiger partial charge in [-0.2, -0.15) is 0 Å². The van der Waals surface area contributed by atoms with Crippen molar-refractivity contribution >= 4 is 29.2 Å². The molecule has 1 aliphatic rings. The Bertz CT molecular complexity index is 1060. The minimum atomic E-state index is -0.898. The monoisotopic (exact) mass is 454 g/mol. The van der Waals surface area contributed by atoms with E-state index in [-0.39, 0.29) is 17.0 Å². The summed E-state index contributed by atoms with van der Waals surface area (Å²) in [5.74, 6) is -0.849. The van der Waals surface area contributed by atoms with Crippen molar-refractivity contribution in [2.24, 2.45) is 0 Å². The van der Waals surface area contributed by atoms with Gasteiger partial charge in [0.15, 0.2) is 0 Å². The predicted molar refractivity (Wildman–Crippen MR) is 130 cm³/mol. The molecule has 0 bridgehead atoms. The van der Waals surface area contributed by atoms with Gasteiger partial charge in [0, 0.05) is 5.57 Å². The summed E-state index contributed by atoms with van der Waals surface area (Å²) < 4.78 is 6.29. The van der Waals surface area contributed by atoms with E-state index in [1.54, 1.807) is 18.2 Å². The standard InChI is InChI=1S/C27H31ClO4/c1-6-18(25(30)31)13-17-7-9-19(10-8-17)24(20-11-12-23(29)22(28)14-20)21-15-26(2,3)32-27(4,5)16-21/h7-14,29H,6,15-16H2,1-5H3,(H,30,31). The number of rotatable bonds is 5. The average Bonchev–Trinajstić information content (AvgIpc) is 2.67. The molecule has 0 saturated carbocycles. The lowest BCUT2D eigenvalue weighted by Crippen LogP contribution is -2.42. The van der Waals surface area contributed by atoms with Crippen molar-refractivity contribution in [1.82, 2.24) is 0 Å². The zero-order chi connectivity index (χ0) is 23.7. The minimum Gasteiger partial charge on any atom is -0.506 e. The van der Waals surface area contributed by atoms with E-state index in [0.717, 1.165) is 35.1 Å². The summed E-state index contributed by atoms with van der Waals surface area (Å²) in [4.78, 5) is 11.4. The van der Waals surface area contributed by atoms with Crippen molar-refractivity contribution < 1.29 is 19.7 Å². The summed E-state index contributed by atoms with van der Waals surface area (Å²) in [6, 6.07) is 13.2. The van der Waals surface area contributed by atoms with Crippen LogP contribution in [-0.4, -0.2) is 27.4 Å². The number of carbonyl (C=O) groups is 1. The highest BCUT2D eigenvalue weighted by Gasteiger charge is 2.37. The molecule has 0 atom stereocenters. The highest BCUT2D eigenvalue weighted by atomic mass is 35.5. The van der Waals surface area contributed by atoms with Crippen LogP contribution in [0.2, 0.25) is 5.02 Å². The van der Waals surface area contributed by atoms with E-state index >= 15 is 0 Å². The second kappa shape index (κ2) is 9.13. The highest BCUT2D eigenvalue weighted by molar-refractivity contribution is 6.32. The van der Waals surface area contributed by atoms with Gasteiger partial charge in [-0.1, -0.05) is 54.4 Å². The maximum Gasteiger partial charge on any atom is 0.331 e. The van der Waals surface area contributed by atoms with Crippen molar-refractivity contribution in [3.05, 3.63) is 75.3 Å². The first-order valence-electron chi connectivity index (χ1n) is 10.9. The molecule has 0 aromatic heterocycles. The molecule has 32 heavy (non-hydrogen) atoms. The first-order chi connectivity index (χ1) is 14.9. The minimum absolute atomic E-state index is 0.0497. The fourth-order valence-corrected chi connectivity index (χ4v) is 4.77. The van der Waals surface area contributed by atoms with E-state index in [2.05, 4.69) is 27.7 Å². The lowest BCUT2D eigenvalue weighted by molar-refractivity contribution is -0.138. The number of hydrogen-bond acceptors (Lipinski definition) is 3. The summed E-state index contributed by atoms with van der Waals surface area (Å²) in [7, 11) is 0. The Morgan fingerprint density at radius 2 is 1.59 bits per heavy atom. The van der Waals surface area contributed by atoms with Gasteiger partial charge < -0.3 is 14.9 Å². The molecule has 0 spiro atoms. The molecule has 0 amide bonds. The predicted octanol–water partition coefficient (Wildman–Crippen LogP) is 7.09. The molecule has 3 rings (SSSR count). The van der Waals surface area contributed by atoms with Crippen molar-refractivity contribution in [2.75, 3.05) is 0 Å². The third kappa shape index (κ3) is 5.62. The maximum atomic E-state index is 11.4. The fourth-order valence-electron chi connectivity index (χ4n) is 4.59. The van der Waals surface area contributed by atoms with Crippen LogP contribution in [0.25, 0.3) is 11.6 Å². The summed E-state index contributed by atoms with van der Waals surface area (Å²) in [5.41, 5.74) is 4.85. The third-order valence-electron chi connectivity index (χ3n) is 5.62. The molecule has 0 radical (unpaired) electrons. The normalized spacial score (nSPS) is 17.8. The molecule has 1 fully saturated rings. The SMILES string of the molecule is CCC(=Cc1ccc(C(=C2CC(C)(C)OC(C)(C)C2)c2ccc(O)c(Cl)c2)cc1)C(=O)O. The summed E-state index contributed by atoms with van der Waals surface area (Å²) in [6.07, 6.45) is 3.70. The second-order valence-electron chi connectivity index (χ2n) is 9.57. The van der Waals surface area contributed by atoms with Gasteiger partial charge in [0.1, 0.15) is 5.75 Å². The van der Waals surface area contributed by atoms with E-state index in [9.17, 15) is 15.0 Å². The number of phenols is 1. The van der Waals surface area contributed by atoms with Crippen molar-refractivity contribution in [3.63, 3.8) is 0 Å². The van der Waals surface area contributed by atoms with Gasteiger partial charge in [0.2, 0.25) is 0 Å². The van der Waals surface area contributed by atoms with E-state index in [1.807, 2.05) is 37.3 Å². The number of halogens is 1. The van der Waals surface area contributed by atoms with Crippen LogP contribution in [0.4, 0.5) is 0 Å². The Balaban J connectivity index is 2.15. The summed E-state index contributed by atoms with van der Waals surface area (Å²) >= 11 is 6.26. The van der Waals surface area contributed by atoms with Crippen LogP contribution in [0, 0.1) is 0 Å². The highest BCUT2D eigenvalue weighted by Crippen LogP contribution is 2.44. The summed E-state index contributed by atoms with van der Waals surface area (Å²) in [5, 5.41) is 19.6. The van der Waals surface area contributed by atoms with Crippen LogP contribution in [0.15, 0.2) is 53.6 Å². The Morgan fingerprint density at radius 1 is 1.03 bits per heavy atom. The lowest BCUT2D eigenvalue weighted by atomic mass is 9.79. The molecular weight excluding hydrogens is 424 g/mol. The quantitative estimate of drug-likeness (QED) is 0.473. The molecule has 1 saturated heterocycles. The van der Waals surface area contributed by atoms with Crippen molar-refractivity contribution in [1.29, 1.82) is 0 Å². The van der Waals surface area contributed by atoms with E-state index in [0.29, 0.717) is 17.0 Å². The molecule has 2 aromatic carbocycles. The third-order valence-corrected chi connectivity index (χ3v) is 5.92. The number of aromatic hydroxyl groups is 1. The molecule has 5 heteroatoms. The van der Waals surface area contributed by atoms with Crippen LogP contribution in [-0.2, 0) is 9.53 Å². The number of phenolic OH excluding ortho intramolecular Hbond substituents is 1. The molecule has 4 nitrogen and oxygen atoms in total. The fraction of sp³-hybridized carbons (Fsp3) is 0.370. The first kappa shape index (κ1) is 24.1. The van der Waals surface area contributed by atoms with Gasteiger partial charge in [-0.05, 0) is 87.4 Å². The van der Waals surface area contributed by atoms with Crippen LogP contribution in [0.3, 0.4) is 0 Å². The summed E-state index contributed by atoms with van der Waals surface area (Å²) in [6.45, 7) is 10.2. The van der Waals surface area contributed by atoms with E-state index in [4.69, 9.17) is 16.3 Å². The van der Waals surface area contributed by atoms with Crippen LogP contribution in [0.1, 0.15) is 70.6 Å². The second-order valence-corrected chi connectivity index (χ2v) is 9.98. The Hall–Kier alpha value is -2.56. The largest absolute Gasteiger partial charge is 0.506 e. The van der Waals surface area contributed by atoms with Crippen LogP contribution < -0.4 is 0 Å². The molecule has 2 N–H and O–H groups in total. The van der Waals surface area contributed by atoms with Crippen molar-refractivity contribution in [2.45, 2.75) is 65.1 Å². The molecule has 0 aliphatic carbocycles. The lowest BCUT2D eigenvalue weighted by Gasteiger charge is -2.43. The molecule has 0 unspecified atom stereocenters. The number of hydrogen-bond donors (Lipinski definition) is 2. The van der Waals surface area contributed by atoms with Crippen molar-refractivity contribution in [3.8, 4) is 5.75 Å². The Labute approximate surface area is 195 Å². The zero-order valence-corrected chi connectivity index (χ0v) is 20.1. The molecule has 2 aromatic rings. The maximum absolute atomic E-state index is 11.4. The molecule has 1 aliphatic heterocycles. The smallest absolute Gasteiger partial charge is 0.331 e. The van der Waals surface area contributed by atoms with Gasteiger partial charge in [-0.15, -0.1) is 0 Å². The van der Waals surface area contributed by atoms with Gasteiger partial charge >= 0.3 is 5.97 Å². The molecule has 170 valence electrons. The number of aliphatic carboxylic acids is 1. The number of carboxylic acid groups (broad SMARTS) is 1. The van der Waals surface area contributed by atoms with Gasteiger partial charge in [0.05, 0.1) is 16.2 Å². The van der Waals surface area contributed by atoms with Gasteiger partial charge in [-0.25, -0.2) is 4.79 Å². The molecule has 1 heterocycles. The number of ether oxygens (including phenoxy) is 1. The van der Waals surface area contributed by atoms with E-state index < -0.39 is 5.97 Å². The molecular formula is C27H31ClO4. The van der Waals surface area contributed by atoms with Gasteiger partial charge in [-0.3, -0.25) is 0 Å². The Kier molecular flexibility index (Phi) is 6.87. The Morgan fingerprint density at radius 3 is 2.09 bits per heavy atom. The van der Waals surface area contributed by atoms with E-state index in [1.165, 1.54) is 5.57 Å². The topological polar surface area (TPSA) is 66.8 Å².